The molecule has 0 amide bonds. The van der Waals surface area contributed by atoms with Crippen LogP contribution in [0.4, 0.5) is 4.39 Å². The molecular formula is C19H18BFS. The molecule has 3 aromatic rings. The van der Waals surface area contributed by atoms with E-state index < -0.39 is 0 Å². The van der Waals surface area contributed by atoms with Crippen molar-refractivity contribution in [2.45, 2.75) is 20.2 Å². The maximum atomic E-state index is 13.0. The van der Waals surface area contributed by atoms with Crippen molar-refractivity contribution in [1.82, 2.24) is 0 Å². The Hall–Kier alpha value is -1.87. The summed E-state index contributed by atoms with van der Waals surface area (Å²) in [5, 5.41) is 0. The van der Waals surface area contributed by atoms with Gasteiger partial charge < -0.3 is 0 Å². The molecule has 110 valence electrons. The molecule has 0 atom stereocenters. The normalized spacial score (nSPS) is 10.7. The van der Waals surface area contributed by atoms with E-state index in [1.54, 1.807) is 11.3 Å². The Morgan fingerprint density at radius 3 is 2.50 bits per heavy atom. The smallest absolute Gasteiger partial charge is 0.154 e. The molecule has 3 heteroatoms. The van der Waals surface area contributed by atoms with Crippen molar-refractivity contribution in [3.63, 3.8) is 0 Å². The Morgan fingerprint density at radius 2 is 1.77 bits per heavy atom. The fourth-order valence-corrected chi connectivity index (χ4v) is 3.60. The summed E-state index contributed by atoms with van der Waals surface area (Å²) in [4.78, 5) is 2.54. The topological polar surface area (TPSA) is 0 Å². The van der Waals surface area contributed by atoms with Crippen molar-refractivity contribution in [2.75, 3.05) is 0 Å². The third-order valence-electron chi connectivity index (χ3n) is 3.98. The second kappa shape index (κ2) is 6.49. The monoisotopic (exact) mass is 308 g/mol. The second-order valence-corrected chi connectivity index (χ2v) is 6.73. The van der Waals surface area contributed by atoms with Crippen LogP contribution in [-0.2, 0) is 6.42 Å². The van der Waals surface area contributed by atoms with Crippen molar-refractivity contribution in [3.8, 4) is 10.4 Å². The van der Waals surface area contributed by atoms with Crippen LogP contribution in [0.25, 0.3) is 10.4 Å². The molecule has 22 heavy (non-hydrogen) atoms. The Balaban J connectivity index is 1.84. The van der Waals surface area contributed by atoms with Gasteiger partial charge in [-0.2, -0.15) is 0 Å². The molecule has 0 saturated carbocycles. The van der Waals surface area contributed by atoms with Gasteiger partial charge in [-0.15, -0.1) is 11.3 Å². The zero-order valence-corrected chi connectivity index (χ0v) is 13.7. The van der Waals surface area contributed by atoms with Crippen LogP contribution in [0.5, 0.6) is 0 Å². The molecule has 0 unspecified atom stereocenters. The van der Waals surface area contributed by atoms with Gasteiger partial charge in [0.15, 0.2) is 7.28 Å². The SMILES string of the molecule is CBc1ccc(C)c(Cc2ccc(-c3ccc(F)cc3)s2)c1. The molecule has 3 rings (SSSR count). The first-order chi connectivity index (χ1) is 10.7. The highest BCUT2D eigenvalue weighted by molar-refractivity contribution is 7.15. The number of rotatable bonds is 4. The minimum absolute atomic E-state index is 0.187. The van der Waals surface area contributed by atoms with Gasteiger partial charge >= 0.3 is 0 Å². The van der Waals surface area contributed by atoms with E-state index >= 15 is 0 Å². The summed E-state index contributed by atoms with van der Waals surface area (Å²) in [5.41, 5.74) is 5.20. The summed E-state index contributed by atoms with van der Waals surface area (Å²) < 4.78 is 13.0. The first kappa shape index (κ1) is 15.0. The molecule has 0 aliphatic heterocycles. The van der Waals surface area contributed by atoms with E-state index in [2.05, 4.69) is 44.1 Å². The molecule has 0 aliphatic rings. The van der Waals surface area contributed by atoms with Crippen LogP contribution < -0.4 is 5.46 Å². The summed E-state index contributed by atoms with van der Waals surface area (Å²) in [5.74, 6) is -0.187. The lowest BCUT2D eigenvalue weighted by molar-refractivity contribution is 0.628. The second-order valence-electron chi connectivity index (χ2n) is 5.56. The number of hydrogen-bond acceptors (Lipinski definition) is 1. The molecule has 0 spiro atoms. The van der Waals surface area contributed by atoms with Gasteiger partial charge in [0.25, 0.3) is 0 Å². The van der Waals surface area contributed by atoms with Crippen LogP contribution in [0, 0.1) is 12.7 Å². The average molecular weight is 308 g/mol. The molecular weight excluding hydrogens is 290 g/mol. The van der Waals surface area contributed by atoms with Gasteiger partial charge in [0.05, 0.1) is 0 Å². The zero-order valence-electron chi connectivity index (χ0n) is 12.9. The maximum absolute atomic E-state index is 13.0. The lowest BCUT2D eigenvalue weighted by Gasteiger charge is -2.06. The third kappa shape index (κ3) is 3.31. The van der Waals surface area contributed by atoms with Gasteiger partial charge in [0, 0.05) is 16.2 Å². The predicted octanol–water partition coefficient (Wildman–Crippen LogP) is 4.56. The Morgan fingerprint density at radius 1 is 1.00 bits per heavy atom. The number of halogens is 1. The van der Waals surface area contributed by atoms with E-state index in [1.165, 1.54) is 38.5 Å². The van der Waals surface area contributed by atoms with Gasteiger partial charge in [0.2, 0.25) is 0 Å². The van der Waals surface area contributed by atoms with Gasteiger partial charge in [-0.3, -0.25) is 0 Å². The largest absolute Gasteiger partial charge is 0.207 e. The van der Waals surface area contributed by atoms with Crippen molar-refractivity contribution in [1.29, 1.82) is 0 Å². The fraction of sp³-hybridized carbons (Fsp3) is 0.158. The summed E-state index contributed by atoms with van der Waals surface area (Å²) in [6, 6.07) is 17.8. The number of aryl methyl sites for hydroxylation is 1. The molecule has 0 bridgehead atoms. The highest BCUT2D eigenvalue weighted by atomic mass is 32.1. The first-order valence-corrected chi connectivity index (χ1v) is 8.40. The minimum Gasteiger partial charge on any atom is -0.207 e. The summed E-state index contributed by atoms with van der Waals surface area (Å²) >= 11 is 1.79. The third-order valence-corrected chi connectivity index (χ3v) is 5.11. The van der Waals surface area contributed by atoms with E-state index in [9.17, 15) is 4.39 Å². The summed E-state index contributed by atoms with van der Waals surface area (Å²) in [6.45, 7) is 4.36. The van der Waals surface area contributed by atoms with Crippen molar-refractivity contribution in [2.24, 2.45) is 0 Å². The van der Waals surface area contributed by atoms with E-state index in [1.807, 2.05) is 12.1 Å². The molecule has 0 nitrogen and oxygen atoms in total. The molecule has 0 fully saturated rings. The van der Waals surface area contributed by atoms with Crippen LogP contribution in [0.15, 0.2) is 54.6 Å². The number of benzene rings is 2. The standard InChI is InChI=1S/C19H18BFS/c1-13-3-6-16(20-2)11-15(13)12-18-9-10-19(22-18)14-4-7-17(21)8-5-14/h3-11,20H,12H2,1-2H3. The van der Waals surface area contributed by atoms with Crippen molar-refractivity contribution < 1.29 is 4.39 Å². The summed E-state index contributed by atoms with van der Waals surface area (Å²) in [7, 11) is 1.07. The zero-order chi connectivity index (χ0) is 15.5. The first-order valence-electron chi connectivity index (χ1n) is 7.59. The molecule has 1 heterocycles. The molecule has 0 aliphatic carbocycles. The lowest BCUT2D eigenvalue weighted by atomic mass is 9.72. The molecule has 1 aromatic heterocycles. The van der Waals surface area contributed by atoms with Gasteiger partial charge in [-0.25, -0.2) is 4.39 Å². The average Bonchev–Trinajstić information content (AvgIpc) is 2.99. The van der Waals surface area contributed by atoms with E-state index in [-0.39, 0.29) is 5.82 Å². The Labute approximate surface area is 135 Å². The molecule has 0 N–H and O–H groups in total. The predicted molar refractivity (Wildman–Crippen MR) is 96.3 cm³/mol. The Bertz CT molecular complexity index is 774. The van der Waals surface area contributed by atoms with Crippen molar-refractivity contribution >= 4 is 24.1 Å². The fourth-order valence-electron chi connectivity index (χ4n) is 2.57. The van der Waals surface area contributed by atoms with Crippen molar-refractivity contribution in [3.05, 3.63) is 76.4 Å². The van der Waals surface area contributed by atoms with Crippen LogP contribution >= 0.6 is 11.3 Å². The van der Waals surface area contributed by atoms with Crippen LogP contribution in [0.1, 0.15) is 16.0 Å². The highest BCUT2D eigenvalue weighted by Gasteiger charge is 2.06. The van der Waals surface area contributed by atoms with Gasteiger partial charge in [0.1, 0.15) is 5.82 Å². The summed E-state index contributed by atoms with van der Waals surface area (Å²) in [6.07, 6.45) is 0.964. The molecule has 0 radical (unpaired) electrons. The molecule has 2 aromatic carbocycles. The number of hydrogen-bond donors (Lipinski definition) is 0. The lowest BCUT2D eigenvalue weighted by Crippen LogP contribution is -2.11. The van der Waals surface area contributed by atoms with E-state index in [0.29, 0.717) is 0 Å². The van der Waals surface area contributed by atoms with E-state index in [4.69, 9.17) is 0 Å². The molecule has 0 saturated heterocycles. The van der Waals surface area contributed by atoms with Crippen LogP contribution in [0.3, 0.4) is 0 Å². The van der Waals surface area contributed by atoms with Gasteiger partial charge in [-0.1, -0.05) is 42.6 Å². The van der Waals surface area contributed by atoms with Crippen LogP contribution in [0.2, 0.25) is 6.82 Å². The highest BCUT2D eigenvalue weighted by Crippen LogP contribution is 2.29. The van der Waals surface area contributed by atoms with E-state index in [0.717, 1.165) is 19.3 Å². The van der Waals surface area contributed by atoms with Gasteiger partial charge in [-0.05, 0) is 47.9 Å². The quantitative estimate of drug-likeness (QED) is 0.620. The maximum Gasteiger partial charge on any atom is 0.154 e. The number of thiophene rings is 1. The van der Waals surface area contributed by atoms with Crippen LogP contribution in [-0.4, -0.2) is 7.28 Å². The minimum atomic E-state index is -0.187. The Kier molecular flexibility index (Phi) is 4.44.